The topological polar surface area (TPSA) is 67.1 Å². The number of thiazole rings is 1. The van der Waals surface area contributed by atoms with Gasteiger partial charge in [-0.3, -0.25) is 0 Å². The van der Waals surface area contributed by atoms with Gasteiger partial charge in [0.1, 0.15) is 5.82 Å². The van der Waals surface area contributed by atoms with Crippen molar-refractivity contribution in [3.8, 4) is 0 Å². The molecule has 29 heavy (non-hydrogen) atoms. The van der Waals surface area contributed by atoms with Crippen LogP contribution in [-0.4, -0.2) is 33.6 Å². The van der Waals surface area contributed by atoms with Gasteiger partial charge in [-0.05, 0) is 31.9 Å². The van der Waals surface area contributed by atoms with Gasteiger partial charge >= 0.3 is 0 Å². The Balaban J connectivity index is 0.00000300. The van der Waals surface area contributed by atoms with Crippen LogP contribution in [0.5, 0.6) is 0 Å². The average Bonchev–Trinajstić information content (AvgIpc) is 3.28. The molecular weight excluding hydrogens is 495 g/mol. The Hall–Kier alpha value is -1.94. The molecule has 0 atom stereocenters. The minimum Gasteiger partial charge on any atom is -0.357 e. The monoisotopic (exact) mass is 524 g/mol. The van der Waals surface area contributed by atoms with E-state index in [9.17, 15) is 0 Å². The first-order chi connectivity index (χ1) is 13.6. The van der Waals surface area contributed by atoms with Crippen LogP contribution in [0, 0.1) is 13.8 Å². The van der Waals surface area contributed by atoms with Crippen LogP contribution >= 0.6 is 35.3 Å². The van der Waals surface area contributed by atoms with E-state index in [1.165, 1.54) is 11.1 Å². The highest BCUT2D eigenvalue weighted by atomic mass is 127. The molecule has 3 aromatic rings. The summed E-state index contributed by atoms with van der Waals surface area (Å²) in [6.45, 7) is 9.26. The second-order valence-corrected chi connectivity index (χ2v) is 7.71. The Morgan fingerprint density at radius 3 is 2.72 bits per heavy atom. The van der Waals surface area contributed by atoms with Crippen molar-refractivity contribution < 1.29 is 0 Å². The standard InChI is InChI=1S/C21H28N6S.HI/c1-4-22-21(24-9-8-20-15-28-17(3)26-20)25-13-18-6-5-7-19(12-18)14-27-11-10-23-16(27)2;/h5-7,10-12,15H,4,8-9,13-14H2,1-3H3,(H2,22,24,25);1H. The molecule has 2 N–H and O–H groups in total. The Morgan fingerprint density at radius 1 is 1.21 bits per heavy atom. The number of aryl methyl sites for hydroxylation is 2. The Kier molecular flexibility index (Phi) is 9.59. The van der Waals surface area contributed by atoms with E-state index in [2.05, 4.69) is 61.7 Å². The molecule has 0 amide bonds. The summed E-state index contributed by atoms with van der Waals surface area (Å²) in [6.07, 6.45) is 4.75. The zero-order valence-corrected chi connectivity index (χ0v) is 20.3. The lowest BCUT2D eigenvalue weighted by atomic mass is 10.1. The lowest BCUT2D eigenvalue weighted by Crippen LogP contribution is -2.38. The van der Waals surface area contributed by atoms with Crippen LogP contribution < -0.4 is 10.6 Å². The molecule has 0 radical (unpaired) electrons. The lowest BCUT2D eigenvalue weighted by Gasteiger charge is -2.11. The van der Waals surface area contributed by atoms with Crippen LogP contribution in [0.3, 0.4) is 0 Å². The van der Waals surface area contributed by atoms with Crippen molar-refractivity contribution in [3.63, 3.8) is 0 Å². The van der Waals surface area contributed by atoms with Crippen LogP contribution in [-0.2, 0) is 19.5 Å². The Labute approximate surface area is 193 Å². The number of benzene rings is 1. The Morgan fingerprint density at radius 2 is 2.03 bits per heavy atom. The molecule has 0 aliphatic heterocycles. The molecule has 2 heterocycles. The number of guanidine groups is 1. The predicted molar refractivity (Wildman–Crippen MR) is 131 cm³/mol. The summed E-state index contributed by atoms with van der Waals surface area (Å²) in [4.78, 5) is 13.5. The maximum atomic E-state index is 4.73. The maximum absolute atomic E-state index is 4.73. The molecule has 6 nitrogen and oxygen atoms in total. The van der Waals surface area contributed by atoms with Crippen LogP contribution in [0.1, 0.15) is 34.6 Å². The number of hydrogen-bond acceptors (Lipinski definition) is 4. The van der Waals surface area contributed by atoms with Gasteiger partial charge in [-0.2, -0.15) is 0 Å². The highest BCUT2D eigenvalue weighted by Crippen LogP contribution is 2.10. The lowest BCUT2D eigenvalue weighted by molar-refractivity contribution is 0.759. The van der Waals surface area contributed by atoms with E-state index in [1.807, 2.05) is 26.2 Å². The second-order valence-electron chi connectivity index (χ2n) is 6.65. The number of imidazole rings is 1. The molecule has 0 unspecified atom stereocenters. The van der Waals surface area contributed by atoms with Crippen molar-refractivity contribution in [2.45, 2.75) is 40.3 Å². The summed E-state index contributed by atoms with van der Waals surface area (Å²) in [7, 11) is 0. The maximum Gasteiger partial charge on any atom is 0.191 e. The normalized spacial score (nSPS) is 11.2. The van der Waals surface area contributed by atoms with Crippen LogP contribution in [0.25, 0.3) is 0 Å². The van der Waals surface area contributed by atoms with Crippen LogP contribution in [0.15, 0.2) is 47.0 Å². The van der Waals surface area contributed by atoms with E-state index >= 15 is 0 Å². The van der Waals surface area contributed by atoms with Gasteiger partial charge in [0.15, 0.2) is 5.96 Å². The van der Waals surface area contributed by atoms with Gasteiger partial charge in [0.25, 0.3) is 0 Å². The van der Waals surface area contributed by atoms with Gasteiger partial charge in [-0.15, -0.1) is 35.3 Å². The van der Waals surface area contributed by atoms with E-state index < -0.39 is 0 Å². The third-order valence-corrected chi connectivity index (χ3v) is 5.19. The minimum absolute atomic E-state index is 0. The van der Waals surface area contributed by atoms with Crippen molar-refractivity contribution in [1.29, 1.82) is 0 Å². The minimum atomic E-state index is 0. The van der Waals surface area contributed by atoms with Gasteiger partial charge in [0.2, 0.25) is 0 Å². The molecule has 0 saturated carbocycles. The summed E-state index contributed by atoms with van der Waals surface area (Å²) in [5.74, 6) is 1.86. The number of aromatic nitrogens is 3. The number of halogens is 1. The predicted octanol–water partition coefficient (Wildman–Crippen LogP) is 3.92. The molecule has 3 rings (SSSR count). The zero-order chi connectivity index (χ0) is 19.8. The average molecular weight is 524 g/mol. The highest BCUT2D eigenvalue weighted by Gasteiger charge is 2.03. The fourth-order valence-electron chi connectivity index (χ4n) is 2.94. The number of aliphatic imine (C=N–C) groups is 1. The van der Waals surface area contributed by atoms with Gasteiger partial charge in [0.05, 0.1) is 17.2 Å². The van der Waals surface area contributed by atoms with E-state index in [0.717, 1.165) is 48.5 Å². The van der Waals surface area contributed by atoms with Crippen molar-refractivity contribution in [2.24, 2.45) is 4.99 Å². The van der Waals surface area contributed by atoms with Gasteiger partial charge in [-0.25, -0.2) is 15.0 Å². The summed E-state index contributed by atoms with van der Waals surface area (Å²) >= 11 is 1.69. The SMILES string of the molecule is CCNC(=NCc1cccc(Cn2ccnc2C)c1)NCCc1csc(C)n1.I. The fraction of sp³-hybridized carbons (Fsp3) is 0.381. The van der Waals surface area contributed by atoms with E-state index in [4.69, 9.17) is 4.99 Å². The molecule has 0 spiro atoms. The summed E-state index contributed by atoms with van der Waals surface area (Å²) in [5.41, 5.74) is 3.58. The molecule has 0 saturated heterocycles. The van der Waals surface area contributed by atoms with Crippen molar-refractivity contribution in [2.75, 3.05) is 13.1 Å². The molecular formula is C21H29IN6S. The highest BCUT2D eigenvalue weighted by molar-refractivity contribution is 14.0. The number of hydrogen-bond donors (Lipinski definition) is 2. The molecule has 0 bridgehead atoms. The van der Waals surface area contributed by atoms with E-state index in [0.29, 0.717) is 6.54 Å². The van der Waals surface area contributed by atoms with E-state index in [-0.39, 0.29) is 24.0 Å². The number of nitrogens with one attached hydrogen (secondary N) is 2. The van der Waals surface area contributed by atoms with Crippen molar-refractivity contribution >= 4 is 41.3 Å². The van der Waals surface area contributed by atoms with Gasteiger partial charge < -0.3 is 15.2 Å². The summed E-state index contributed by atoms with van der Waals surface area (Å²) < 4.78 is 2.15. The first-order valence-electron chi connectivity index (χ1n) is 9.62. The largest absolute Gasteiger partial charge is 0.357 e. The molecule has 1 aromatic carbocycles. The smallest absolute Gasteiger partial charge is 0.191 e. The molecule has 2 aromatic heterocycles. The third kappa shape index (κ3) is 7.43. The van der Waals surface area contributed by atoms with Gasteiger partial charge in [-0.1, -0.05) is 24.3 Å². The fourth-order valence-corrected chi connectivity index (χ4v) is 3.59. The molecule has 156 valence electrons. The second kappa shape index (κ2) is 11.9. The van der Waals surface area contributed by atoms with Gasteiger partial charge in [0, 0.05) is 43.8 Å². The molecule has 0 fully saturated rings. The Bertz CT molecular complexity index is 917. The summed E-state index contributed by atoms with van der Waals surface area (Å²) in [6, 6.07) is 8.57. The van der Waals surface area contributed by atoms with E-state index in [1.54, 1.807) is 11.3 Å². The molecule has 0 aliphatic carbocycles. The first-order valence-corrected chi connectivity index (χ1v) is 10.5. The number of nitrogens with zero attached hydrogens (tertiary/aromatic N) is 4. The first kappa shape index (κ1) is 23.3. The van der Waals surface area contributed by atoms with Crippen molar-refractivity contribution in [1.82, 2.24) is 25.2 Å². The number of rotatable bonds is 8. The van der Waals surface area contributed by atoms with Crippen LogP contribution in [0.2, 0.25) is 0 Å². The molecule has 8 heteroatoms. The summed E-state index contributed by atoms with van der Waals surface area (Å²) in [5, 5.41) is 9.94. The van der Waals surface area contributed by atoms with Crippen LogP contribution in [0.4, 0.5) is 0 Å². The zero-order valence-electron chi connectivity index (χ0n) is 17.2. The third-order valence-electron chi connectivity index (χ3n) is 4.37. The quantitative estimate of drug-likeness (QED) is 0.266. The molecule has 0 aliphatic rings. The van der Waals surface area contributed by atoms with Crippen molar-refractivity contribution in [3.05, 3.63) is 69.7 Å².